The van der Waals surface area contributed by atoms with Crippen LogP contribution in [0.3, 0.4) is 0 Å². The Labute approximate surface area is 116 Å². The number of hydrogen-bond acceptors (Lipinski definition) is 3. The van der Waals surface area contributed by atoms with Crippen LogP contribution in [0.15, 0.2) is 47.4 Å². The predicted octanol–water partition coefficient (Wildman–Crippen LogP) is 1.82. The number of aromatic amines is 1. The lowest BCUT2D eigenvalue weighted by molar-refractivity contribution is 0.102. The van der Waals surface area contributed by atoms with Crippen LogP contribution in [0.2, 0.25) is 0 Å². The van der Waals surface area contributed by atoms with Gasteiger partial charge in [0, 0.05) is 25.1 Å². The van der Waals surface area contributed by atoms with Gasteiger partial charge in [0.25, 0.3) is 5.91 Å². The van der Waals surface area contributed by atoms with E-state index in [0.29, 0.717) is 12.2 Å². The highest BCUT2D eigenvalue weighted by Gasteiger charge is 2.08. The molecule has 0 fully saturated rings. The van der Waals surface area contributed by atoms with Crippen molar-refractivity contribution in [2.45, 2.75) is 6.42 Å². The van der Waals surface area contributed by atoms with Gasteiger partial charge in [-0.2, -0.15) is 0 Å². The maximum Gasteiger partial charge on any atom is 0.257 e. The van der Waals surface area contributed by atoms with Crippen LogP contribution >= 0.6 is 0 Å². The van der Waals surface area contributed by atoms with Crippen molar-refractivity contribution in [3.63, 3.8) is 0 Å². The van der Waals surface area contributed by atoms with E-state index in [1.807, 2.05) is 24.3 Å². The number of hydrogen-bond donors (Lipinski definition) is 2. The normalized spacial score (nSPS) is 10.2. The molecule has 0 aliphatic heterocycles. The fourth-order valence-corrected chi connectivity index (χ4v) is 1.82. The Bertz CT molecular complexity index is 629. The van der Waals surface area contributed by atoms with Crippen molar-refractivity contribution < 1.29 is 9.53 Å². The minimum Gasteiger partial charge on any atom is -0.384 e. The molecule has 1 amide bonds. The zero-order valence-corrected chi connectivity index (χ0v) is 11.2. The van der Waals surface area contributed by atoms with Crippen LogP contribution in [0, 0.1) is 0 Å². The largest absolute Gasteiger partial charge is 0.384 e. The summed E-state index contributed by atoms with van der Waals surface area (Å²) in [7, 11) is 1.64. The molecule has 0 saturated carbocycles. The zero-order chi connectivity index (χ0) is 14.4. The number of methoxy groups -OCH3 is 1. The van der Waals surface area contributed by atoms with Crippen molar-refractivity contribution in [1.29, 1.82) is 0 Å². The van der Waals surface area contributed by atoms with E-state index < -0.39 is 0 Å². The molecule has 1 heterocycles. The predicted molar refractivity (Wildman–Crippen MR) is 77.0 cm³/mol. The number of rotatable bonds is 5. The van der Waals surface area contributed by atoms with Crippen LogP contribution in [-0.2, 0) is 11.2 Å². The summed E-state index contributed by atoms with van der Waals surface area (Å²) in [6, 6.07) is 10.4. The van der Waals surface area contributed by atoms with Crippen LogP contribution < -0.4 is 10.9 Å². The maximum atomic E-state index is 12.1. The SMILES string of the molecule is COCCc1ccccc1NC(=O)c1ccc(=O)[nH]c1. The second-order valence-electron chi connectivity index (χ2n) is 4.30. The van der Waals surface area contributed by atoms with Crippen LogP contribution in [0.4, 0.5) is 5.69 Å². The second-order valence-corrected chi connectivity index (χ2v) is 4.30. The number of benzene rings is 1. The molecule has 0 bridgehead atoms. The van der Waals surface area contributed by atoms with Crippen molar-refractivity contribution in [3.8, 4) is 0 Å². The van der Waals surface area contributed by atoms with Gasteiger partial charge in [-0.1, -0.05) is 18.2 Å². The zero-order valence-electron chi connectivity index (χ0n) is 11.2. The van der Waals surface area contributed by atoms with Crippen LogP contribution in [0.25, 0.3) is 0 Å². The number of anilines is 1. The molecule has 2 rings (SSSR count). The van der Waals surface area contributed by atoms with Crippen molar-refractivity contribution in [2.75, 3.05) is 19.0 Å². The van der Waals surface area contributed by atoms with Crippen molar-refractivity contribution >= 4 is 11.6 Å². The molecule has 0 aliphatic rings. The van der Waals surface area contributed by atoms with Gasteiger partial charge in [0.15, 0.2) is 0 Å². The Morgan fingerprint density at radius 1 is 1.25 bits per heavy atom. The summed E-state index contributed by atoms with van der Waals surface area (Å²) in [5.74, 6) is -0.258. The fourth-order valence-electron chi connectivity index (χ4n) is 1.82. The van der Waals surface area contributed by atoms with E-state index in [2.05, 4.69) is 10.3 Å². The molecule has 104 valence electrons. The third-order valence-corrected chi connectivity index (χ3v) is 2.89. The van der Waals surface area contributed by atoms with Gasteiger partial charge >= 0.3 is 0 Å². The molecule has 0 aliphatic carbocycles. The lowest BCUT2D eigenvalue weighted by Crippen LogP contribution is -2.15. The maximum absolute atomic E-state index is 12.1. The Balaban J connectivity index is 2.15. The number of H-pyrrole nitrogens is 1. The van der Waals surface area contributed by atoms with Crippen LogP contribution in [-0.4, -0.2) is 24.6 Å². The number of carbonyl (C=O) groups is 1. The Hall–Kier alpha value is -2.40. The third-order valence-electron chi connectivity index (χ3n) is 2.89. The monoisotopic (exact) mass is 272 g/mol. The molecule has 0 radical (unpaired) electrons. The highest BCUT2D eigenvalue weighted by molar-refractivity contribution is 6.04. The molecule has 0 saturated heterocycles. The number of carbonyl (C=O) groups excluding carboxylic acids is 1. The van der Waals surface area contributed by atoms with E-state index in [1.54, 1.807) is 7.11 Å². The van der Waals surface area contributed by atoms with Gasteiger partial charge in [0.05, 0.1) is 12.2 Å². The summed E-state index contributed by atoms with van der Waals surface area (Å²) in [4.78, 5) is 25.5. The topological polar surface area (TPSA) is 71.2 Å². The minimum atomic E-state index is -0.258. The summed E-state index contributed by atoms with van der Waals surface area (Å²) < 4.78 is 5.05. The number of amides is 1. The molecule has 1 aromatic carbocycles. The van der Waals surface area contributed by atoms with Crippen molar-refractivity contribution in [2.24, 2.45) is 0 Å². The molecule has 1 aromatic heterocycles. The summed E-state index contributed by atoms with van der Waals surface area (Å²) >= 11 is 0. The highest BCUT2D eigenvalue weighted by atomic mass is 16.5. The number of aromatic nitrogens is 1. The smallest absolute Gasteiger partial charge is 0.257 e. The number of nitrogens with one attached hydrogen (secondary N) is 2. The Kier molecular flexibility index (Phi) is 4.68. The molecule has 0 spiro atoms. The summed E-state index contributed by atoms with van der Waals surface area (Å²) in [6.07, 6.45) is 2.12. The first-order chi connectivity index (χ1) is 9.70. The molecule has 5 heteroatoms. The van der Waals surface area contributed by atoms with E-state index in [9.17, 15) is 9.59 Å². The summed E-state index contributed by atoms with van der Waals surface area (Å²) in [6.45, 7) is 0.589. The van der Waals surface area contributed by atoms with E-state index >= 15 is 0 Å². The van der Waals surface area contributed by atoms with E-state index in [0.717, 1.165) is 17.7 Å². The minimum absolute atomic E-state index is 0.234. The van der Waals surface area contributed by atoms with Gasteiger partial charge in [0.2, 0.25) is 5.56 Å². The lowest BCUT2D eigenvalue weighted by Gasteiger charge is -2.10. The molecule has 0 atom stereocenters. The van der Waals surface area contributed by atoms with E-state index in [1.165, 1.54) is 18.3 Å². The molecule has 20 heavy (non-hydrogen) atoms. The third kappa shape index (κ3) is 3.55. The first kappa shape index (κ1) is 14.0. The molecule has 2 N–H and O–H groups in total. The fraction of sp³-hybridized carbons (Fsp3) is 0.200. The summed E-state index contributed by atoms with van der Waals surface area (Å²) in [5.41, 5.74) is 1.93. The Morgan fingerprint density at radius 2 is 2.05 bits per heavy atom. The lowest BCUT2D eigenvalue weighted by atomic mass is 10.1. The van der Waals surface area contributed by atoms with Gasteiger partial charge < -0.3 is 15.0 Å². The molecule has 5 nitrogen and oxygen atoms in total. The van der Waals surface area contributed by atoms with E-state index in [4.69, 9.17) is 4.74 Å². The van der Waals surface area contributed by atoms with Crippen LogP contribution in [0.5, 0.6) is 0 Å². The highest BCUT2D eigenvalue weighted by Crippen LogP contribution is 2.16. The number of para-hydroxylation sites is 1. The van der Waals surface area contributed by atoms with Crippen molar-refractivity contribution in [1.82, 2.24) is 4.98 Å². The first-order valence-corrected chi connectivity index (χ1v) is 6.27. The van der Waals surface area contributed by atoms with Crippen LogP contribution in [0.1, 0.15) is 15.9 Å². The van der Waals surface area contributed by atoms with Gasteiger partial charge in [-0.25, -0.2) is 0 Å². The second kappa shape index (κ2) is 6.68. The first-order valence-electron chi connectivity index (χ1n) is 6.27. The molecule has 0 unspecified atom stereocenters. The van der Waals surface area contributed by atoms with Gasteiger partial charge in [-0.15, -0.1) is 0 Å². The average molecular weight is 272 g/mol. The average Bonchev–Trinajstić information content (AvgIpc) is 2.47. The van der Waals surface area contributed by atoms with Crippen molar-refractivity contribution in [3.05, 3.63) is 64.1 Å². The molecular formula is C15H16N2O3. The number of ether oxygens (including phenoxy) is 1. The summed E-state index contributed by atoms with van der Waals surface area (Å²) in [5, 5.41) is 2.84. The van der Waals surface area contributed by atoms with E-state index in [-0.39, 0.29) is 11.5 Å². The quantitative estimate of drug-likeness (QED) is 0.872. The Morgan fingerprint density at radius 3 is 2.75 bits per heavy atom. The number of pyridine rings is 1. The van der Waals surface area contributed by atoms with Gasteiger partial charge in [-0.3, -0.25) is 9.59 Å². The van der Waals surface area contributed by atoms with Gasteiger partial charge in [-0.05, 0) is 24.1 Å². The molecule has 2 aromatic rings. The van der Waals surface area contributed by atoms with Gasteiger partial charge in [0.1, 0.15) is 0 Å². The standard InChI is InChI=1S/C15H16N2O3/c1-20-9-8-11-4-2-3-5-13(11)17-15(19)12-6-7-14(18)16-10-12/h2-7,10H,8-9H2,1H3,(H,16,18)(H,17,19). The molecular weight excluding hydrogens is 256 g/mol.